The number of ketones is 1. The van der Waals surface area contributed by atoms with Crippen molar-refractivity contribution in [1.29, 1.82) is 0 Å². The molecule has 23 heavy (non-hydrogen) atoms. The Morgan fingerprint density at radius 1 is 1.22 bits per heavy atom. The smallest absolute Gasteiger partial charge is 0.306 e. The van der Waals surface area contributed by atoms with Crippen LogP contribution < -0.4 is 0 Å². The molecule has 0 saturated carbocycles. The summed E-state index contributed by atoms with van der Waals surface area (Å²) in [4.78, 5) is 35.8. The monoisotopic (exact) mass is 326 g/mol. The molecule has 0 aliphatic heterocycles. The molecule has 0 saturated heterocycles. The number of Topliss-reactive ketones (excluding diaryl/α,β-unsaturated/α-hetero) is 1. The van der Waals surface area contributed by atoms with Crippen molar-refractivity contribution >= 4 is 17.7 Å². The van der Waals surface area contributed by atoms with E-state index in [1.54, 1.807) is 0 Å². The Morgan fingerprint density at radius 2 is 1.83 bits per heavy atom. The van der Waals surface area contributed by atoms with Gasteiger partial charge in [-0.1, -0.05) is 27.7 Å². The van der Waals surface area contributed by atoms with Crippen molar-refractivity contribution in [3.05, 3.63) is 11.6 Å². The van der Waals surface area contributed by atoms with Gasteiger partial charge in [-0.3, -0.25) is 14.4 Å². The van der Waals surface area contributed by atoms with Crippen molar-refractivity contribution in [3.63, 3.8) is 0 Å². The van der Waals surface area contributed by atoms with Crippen molar-refractivity contribution in [3.8, 4) is 0 Å². The van der Waals surface area contributed by atoms with E-state index >= 15 is 0 Å². The minimum absolute atomic E-state index is 0.0587. The maximum Gasteiger partial charge on any atom is 0.306 e. The quantitative estimate of drug-likeness (QED) is 0.747. The molecule has 0 aromatic rings. The molecule has 0 fully saturated rings. The van der Waals surface area contributed by atoms with Crippen LogP contribution in [0.2, 0.25) is 0 Å². The summed E-state index contributed by atoms with van der Waals surface area (Å²) in [6.07, 6.45) is -0.0893. The summed E-state index contributed by atoms with van der Waals surface area (Å²) in [5, 5.41) is 9.37. The van der Waals surface area contributed by atoms with Gasteiger partial charge >= 0.3 is 11.9 Å². The second kappa shape index (κ2) is 8.24. The second-order valence-electron chi connectivity index (χ2n) is 6.62. The van der Waals surface area contributed by atoms with Crippen LogP contribution >= 0.6 is 0 Å². The van der Waals surface area contributed by atoms with E-state index < -0.39 is 42.5 Å². The molecule has 1 aliphatic rings. The minimum Gasteiger partial charge on any atom is -0.458 e. The third-order valence-corrected chi connectivity index (χ3v) is 3.74. The molecule has 0 radical (unpaired) electrons. The first-order chi connectivity index (χ1) is 10.7. The highest BCUT2D eigenvalue weighted by Crippen LogP contribution is 2.32. The van der Waals surface area contributed by atoms with Crippen LogP contribution in [0.3, 0.4) is 0 Å². The number of carbonyl (C=O) groups excluding carboxylic acids is 3. The fraction of sp³-hybridized carbons (Fsp3) is 0.706. The molecule has 0 unspecified atom stereocenters. The van der Waals surface area contributed by atoms with Gasteiger partial charge in [-0.25, -0.2) is 0 Å². The number of esters is 2. The molecule has 3 atom stereocenters. The largest absolute Gasteiger partial charge is 0.458 e. The normalized spacial score (nSPS) is 24.6. The summed E-state index contributed by atoms with van der Waals surface area (Å²) in [6.45, 7) is 8.29. The lowest BCUT2D eigenvalue weighted by atomic mass is 9.77. The van der Waals surface area contributed by atoms with Crippen LogP contribution in [0.5, 0.6) is 0 Å². The van der Waals surface area contributed by atoms with Crippen molar-refractivity contribution in [2.75, 3.05) is 6.61 Å². The van der Waals surface area contributed by atoms with Crippen molar-refractivity contribution < 1.29 is 29.0 Å². The third-order valence-electron chi connectivity index (χ3n) is 3.74. The van der Waals surface area contributed by atoms with Gasteiger partial charge in [-0.15, -0.1) is 0 Å². The number of rotatable bonds is 6. The Morgan fingerprint density at radius 3 is 2.26 bits per heavy atom. The topological polar surface area (TPSA) is 89.9 Å². The average Bonchev–Trinajstić information content (AvgIpc) is 2.40. The van der Waals surface area contributed by atoms with Crippen molar-refractivity contribution in [1.82, 2.24) is 0 Å². The maximum atomic E-state index is 12.5. The summed E-state index contributed by atoms with van der Waals surface area (Å²) < 4.78 is 10.7. The summed E-state index contributed by atoms with van der Waals surface area (Å²) in [5.41, 5.74) is 0.107. The average molecular weight is 326 g/mol. The zero-order valence-electron chi connectivity index (χ0n) is 14.4. The van der Waals surface area contributed by atoms with Gasteiger partial charge in [0.1, 0.15) is 6.10 Å². The second-order valence-corrected chi connectivity index (χ2v) is 6.62. The zero-order valence-corrected chi connectivity index (χ0v) is 14.4. The molecule has 0 spiro atoms. The van der Waals surface area contributed by atoms with E-state index in [2.05, 4.69) is 0 Å². The van der Waals surface area contributed by atoms with Gasteiger partial charge in [0.15, 0.2) is 6.10 Å². The highest BCUT2D eigenvalue weighted by Gasteiger charge is 2.44. The van der Waals surface area contributed by atoms with E-state index in [0.717, 1.165) is 0 Å². The summed E-state index contributed by atoms with van der Waals surface area (Å²) >= 11 is 0. The lowest BCUT2D eigenvalue weighted by Crippen LogP contribution is -2.48. The number of hydrogen-bond acceptors (Lipinski definition) is 6. The van der Waals surface area contributed by atoms with E-state index in [1.807, 2.05) is 27.7 Å². The number of aliphatic hydroxyl groups excluding tert-OH is 1. The predicted octanol–water partition coefficient (Wildman–Crippen LogP) is 1.65. The Balaban J connectivity index is 3.12. The molecule has 1 N–H and O–H groups in total. The van der Waals surface area contributed by atoms with Gasteiger partial charge in [0.05, 0.1) is 6.61 Å². The van der Waals surface area contributed by atoms with Crippen LogP contribution in [0.4, 0.5) is 0 Å². The van der Waals surface area contributed by atoms with E-state index in [-0.39, 0.29) is 23.8 Å². The lowest BCUT2D eigenvalue weighted by molar-refractivity contribution is -0.167. The number of hydrogen-bond donors (Lipinski definition) is 1. The standard InChI is InChI=1S/C17H26O6/c1-9(2)6-14(20)23-17-15(10(3)4)13(22-11(5)19)7-12(8-18)16(17)21/h7,9-10,13,15,17-18H,6,8H2,1-5H3/t13-,15+,17+/m1/s1. The predicted molar refractivity (Wildman–Crippen MR) is 83.4 cm³/mol. The first-order valence-electron chi connectivity index (χ1n) is 7.89. The Bertz CT molecular complexity index is 491. The highest BCUT2D eigenvalue weighted by molar-refractivity contribution is 6.01. The molecule has 1 aliphatic carbocycles. The van der Waals surface area contributed by atoms with Crippen molar-refractivity contribution in [2.45, 2.75) is 53.2 Å². The summed E-state index contributed by atoms with van der Waals surface area (Å²) in [5.74, 6) is -1.81. The fourth-order valence-electron chi connectivity index (χ4n) is 2.74. The molecule has 1 rings (SSSR count). The lowest BCUT2D eigenvalue weighted by Gasteiger charge is -2.37. The van der Waals surface area contributed by atoms with E-state index in [1.165, 1.54) is 13.0 Å². The van der Waals surface area contributed by atoms with Gasteiger partial charge in [0.2, 0.25) is 5.78 Å². The first-order valence-corrected chi connectivity index (χ1v) is 7.89. The van der Waals surface area contributed by atoms with Crippen LogP contribution in [-0.4, -0.2) is 41.6 Å². The van der Waals surface area contributed by atoms with Gasteiger partial charge < -0.3 is 14.6 Å². The molecule has 6 heteroatoms. The third kappa shape index (κ3) is 5.16. The molecule has 0 aromatic carbocycles. The van der Waals surface area contributed by atoms with Crippen LogP contribution in [0.25, 0.3) is 0 Å². The zero-order chi connectivity index (χ0) is 17.7. The molecule has 0 aromatic heterocycles. The molecule has 0 heterocycles. The number of ether oxygens (including phenoxy) is 2. The van der Waals surface area contributed by atoms with Gasteiger partial charge in [-0.05, 0) is 17.9 Å². The highest BCUT2D eigenvalue weighted by atomic mass is 16.6. The molecule has 130 valence electrons. The van der Waals surface area contributed by atoms with Crippen LogP contribution in [0.15, 0.2) is 11.6 Å². The van der Waals surface area contributed by atoms with E-state index in [9.17, 15) is 19.5 Å². The number of aliphatic hydroxyl groups is 1. The SMILES string of the molecule is CC(=O)O[C@@H]1C=C(CO)C(=O)[C@@H](OC(=O)CC(C)C)[C@H]1C(C)C. The summed E-state index contributed by atoms with van der Waals surface area (Å²) in [6, 6.07) is 0. The first kappa shape index (κ1) is 19.4. The molecule has 0 bridgehead atoms. The Labute approximate surface area is 136 Å². The molecule has 6 nitrogen and oxygen atoms in total. The van der Waals surface area contributed by atoms with Crippen molar-refractivity contribution in [2.24, 2.45) is 17.8 Å². The van der Waals surface area contributed by atoms with Gasteiger partial charge in [0.25, 0.3) is 0 Å². The Kier molecular flexibility index (Phi) is 6.94. The maximum absolute atomic E-state index is 12.5. The molecular formula is C17H26O6. The van der Waals surface area contributed by atoms with Gasteiger partial charge in [0, 0.05) is 24.8 Å². The molecular weight excluding hydrogens is 300 g/mol. The summed E-state index contributed by atoms with van der Waals surface area (Å²) in [7, 11) is 0. The number of carbonyl (C=O) groups is 3. The van der Waals surface area contributed by atoms with E-state index in [0.29, 0.717) is 0 Å². The van der Waals surface area contributed by atoms with Crippen LogP contribution in [0, 0.1) is 17.8 Å². The fourth-order valence-corrected chi connectivity index (χ4v) is 2.74. The van der Waals surface area contributed by atoms with Crippen LogP contribution in [0.1, 0.15) is 41.0 Å². The van der Waals surface area contributed by atoms with E-state index in [4.69, 9.17) is 9.47 Å². The molecule has 0 amide bonds. The van der Waals surface area contributed by atoms with Crippen LogP contribution in [-0.2, 0) is 23.9 Å². The Hall–Kier alpha value is -1.69. The van der Waals surface area contributed by atoms with Gasteiger partial charge in [-0.2, -0.15) is 0 Å². The minimum atomic E-state index is -1.04.